The highest BCUT2D eigenvalue weighted by atomic mass is 19.1. The predicted octanol–water partition coefficient (Wildman–Crippen LogP) is 3.47. The zero-order valence-corrected chi connectivity index (χ0v) is 13.2. The summed E-state index contributed by atoms with van der Waals surface area (Å²) >= 11 is 0. The van der Waals surface area contributed by atoms with Crippen molar-refractivity contribution >= 4 is 11.9 Å². The van der Waals surface area contributed by atoms with Gasteiger partial charge in [0, 0.05) is 6.07 Å². The smallest absolute Gasteiger partial charge is 0.231 e. The molecule has 0 aromatic heterocycles. The largest absolute Gasteiger partial charge is 0.496 e. The van der Waals surface area contributed by atoms with E-state index in [4.69, 9.17) is 18.9 Å². The first-order valence-corrected chi connectivity index (χ1v) is 7.16. The molecule has 0 radical (unpaired) electrons. The highest BCUT2D eigenvalue weighted by Gasteiger charge is 2.20. The number of hydrogen-bond acceptors (Lipinski definition) is 5. The lowest BCUT2D eigenvalue weighted by Crippen LogP contribution is -1.99. The second-order valence-electron chi connectivity index (χ2n) is 5.00. The number of allylic oxidation sites excluding steroid dienone is 1. The van der Waals surface area contributed by atoms with E-state index in [2.05, 4.69) is 0 Å². The van der Waals surface area contributed by atoms with Crippen LogP contribution in [0.25, 0.3) is 6.08 Å². The molecule has 1 heterocycles. The van der Waals surface area contributed by atoms with Crippen LogP contribution in [0.2, 0.25) is 0 Å². The molecule has 5 nitrogen and oxygen atoms in total. The number of carbonyl (C=O) groups excluding carboxylic acids is 1. The first-order valence-electron chi connectivity index (χ1n) is 7.16. The number of benzene rings is 2. The van der Waals surface area contributed by atoms with Crippen LogP contribution in [-0.4, -0.2) is 26.8 Å². The molecule has 6 heteroatoms. The first kappa shape index (κ1) is 15.9. The van der Waals surface area contributed by atoms with Gasteiger partial charge in [-0.15, -0.1) is 0 Å². The van der Waals surface area contributed by atoms with Gasteiger partial charge in [0.05, 0.1) is 19.8 Å². The van der Waals surface area contributed by atoms with Gasteiger partial charge in [-0.25, -0.2) is 4.39 Å². The van der Waals surface area contributed by atoms with Crippen molar-refractivity contribution in [1.82, 2.24) is 0 Å². The summed E-state index contributed by atoms with van der Waals surface area (Å²) < 4.78 is 34.3. The maximum atomic E-state index is 13.7. The van der Waals surface area contributed by atoms with E-state index in [9.17, 15) is 9.18 Å². The van der Waals surface area contributed by atoms with E-state index in [1.807, 2.05) is 0 Å². The summed E-state index contributed by atoms with van der Waals surface area (Å²) in [6.45, 7) is 0.108. The third kappa shape index (κ3) is 3.03. The van der Waals surface area contributed by atoms with Gasteiger partial charge in [0.1, 0.15) is 5.75 Å². The van der Waals surface area contributed by atoms with Crippen LogP contribution in [0.4, 0.5) is 4.39 Å². The summed E-state index contributed by atoms with van der Waals surface area (Å²) in [6.07, 6.45) is 2.87. The Balaban J connectivity index is 1.86. The second-order valence-corrected chi connectivity index (χ2v) is 5.00. The van der Waals surface area contributed by atoms with Crippen LogP contribution < -0.4 is 18.9 Å². The van der Waals surface area contributed by atoms with Crippen LogP contribution in [0.15, 0.2) is 36.4 Å². The molecule has 0 amide bonds. The molecule has 0 unspecified atom stereocenters. The fraction of sp³-hybridized carbons (Fsp3) is 0.167. The molecule has 0 saturated carbocycles. The summed E-state index contributed by atoms with van der Waals surface area (Å²) in [5, 5.41) is 0. The Morgan fingerprint density at radius 3 is 2.46 bits per heavy atom. The summed E-state index contributed by atoms with van der Waals surface area (Å²) in [6, 6.07) is 7.63. The van der Waals surface area contributed by atoms with Crippen LogP contribution in [0.5, 0.6) is 23.0 Å². The molecule has 0 fully saturated rings. The Kier molecular flexibility index (Phi) is 4.37. The zero-order chi connectivity index (χ0) is 17.1. The minimum Gasteiger partial charge on any atom is -0.496 e. The second kappa shape index (κ2) is 6.62. The molecule has 2 aromatic carbocycles. The quantitative estimate of drug-likeness (QED) is 0.621. The minimum atomic E-state index is -0.493. The molecular weight excluding hydrogens is 315 g/mol. The van der Waals surface area contributed by atoms with E-state index in [0.29, 0.717) is 28.4 Å². The highest BCUT2D eigenvalue weighted by Crippen LogP contribution is 2.38. The number of carbonyl (C=O) groups is 1. The van der Waals surface area contributed by atoms with Crippen LogP contribution in [0.1, 0.15) is 15.9 Å². The van der Waals surface area contributed by atoms with Crippen molar-refractivity contribution in [2.45, 2.75) is 0 Å². The van der Waals surface area contributed by atoms with Gasteiger partial charge in [-0.2, -0.15) is 0 Å². The number of halogens is 1. The van der Waals surface area contributed by atoms with E-state index in [0.717, 1.165) is 0 Å². The molecule has 0 atom stereocenters. The molecule has 24 heavy (non-hydrogen) atoms. The summed E-state index contributed by atoms with van der Waals surface area (Å²) in [7, 11) is 2.86. The topological polar surface area (TPSA) is 54.0 Å². The van der Waals surface area contributed by atoms with E-state index >= 15 is 0 Å². The Labute approximate surface area is 138 Å². The monoisotopic (exact) mass is 330 g/mol. The number of rotatable bonds is 5. The number of methoxy groups -OCH3 is 2. The van der Waals surface area contributed by atoms with E-state index in [1.54, 1.807) is 18.2 Å². The minimum absolute atomic E-state index is 0.108. The van der Waals surface area contributed by atoms with Crippen molar-refractivity contribution in [1.29, 1.82) is 0 Å². The van der Waals surface area contributed by atoms with Crippen LogP contribution in [0.3, 0.4) is 0 Å². The first-order chi connectivity index (χ1) is 11.6. The summed E-state index contributed by atoms with van der Waals surface area (Å²) in [5.41, 5.74) is 0.883. The lowest BCUT2D eigenvalue weighted by atomic mass is 10.1. The van der Waals surface area contributed by atoms with E-state index < -0.39 is 5.82 Å². The summed E-state index contributed by atoms with van der Waals surface area (Å²) in [5.74, 6) is 0.771. The number of ketones is 1. The molecule has 0 bridgehead atoms. The normalized spacial score (nSPS) is 12.5. The Bertz CT molecular complexity index is 813. The average molecular weight is 330 g/mol. The number of fused-ring (bicyclic) bond motifs is 1. The maximum absolute atomic E-state index is 13.7. The van der Waals surface area contributed by atoms with Gasteiger partial charge >= 0.3 is 0 Å². The molecule has 0 aliphatic carbocycles. The van der Waals surface area contributed by atoms with Crippen molar-refractivity contribution in [2.75, 3.05) is 21.0 Å². The van der Waals surface area contributed by atoms with Crippen molar-refractivity contribution < 1.29 is 28.1 Å². The number of hydrogen-bond donors (Lipinski definition) is 0. The fourth-order valence-electron chi connectivity index (χ4n) is 2.33. The number of ether oxygens (including phenoxy) is 4. The molecule has 3 rings (SSSR count). The van der Waals surface area contributed by atoms with Gasteiger partial charge in [0.2, 0.25) is 6.79 Å². The third-order valence-corrected chi connectivity index (χ3v) is 3.56. The van der Waals surface area contributed by atoms with Gasteiger partial charge < -0.3 is 18.9 Å². The van der Waals surface area contributed by atoms with Gasteiger partial charge in [-0.1, -0.05) is 12.1 Å². The Hall–Kier alpha value is -3.02. The van der Waals surface area contributed by atoms with Gasteiger partial charge in [0.25, 0.3) is 0 Å². The molecule has 2 aromatic rings. The van der Waals surface area contributed by atoms with Gasteiger partial charge in [-0.05, 0) is 29.8 Å². The molecule has 0 N–H and O–H groups in total. The van der Waals surface area contributed by atoms with Crippen molar-refractivity contribution in [2.24, 2.45) is 0 Å². The average Bonchev–Trinajstić information content (AvgIpc) is 3.06. The predicted molar refractivity (Wildman–Crippen MR) is 85.4 cm³/mol. The van der Waals surface area contributed by atoms with E-state index in [1.165, 1.54) is 38.5 Å². The van der Waals surface area contributed by atoms with Crippen LogP contribution in [0, 0.1) is 5.82 Å². The fourth-order valence-corrected chi connectivity index (χ4v) is 2.33. The molecule has 1 aliphatic rings. The van der Waals surface area contributed by atoms with Crippen molar-refractivity contribution in [3.05, 3.63) is 53.4 Å². The van der Waals surface area contributed by atoms with Crippen LogP contribution >= 0.6 is 0 Å². The SMILES string of the molecule is COc1ccc(/C=C/C(=O)c2cc3c(cc2OC)OCO3)cc1F. The van der Waals surface area contributed by atoms with Crippen molar-refractivity contribution in [3.8, 4) is 23.0 Å². The molecule has 1 aliphatic heterocycles. The third-order valence-electron chi connectivity index (χ3n) is 3.56. The Morgan fingerprint density at radius 2 is 1.79 bits per heavy atom. The van der Waals surface area contributed by atoms with E-state index in [-0.39, 0.29) is 18.3 Å². The molecule has 0 spiro atoms. The van der Waals surface area contributed by atoms with Crippen molar-refractivity contribution in [3.63, 3.8) is 0 Å². The standard InChI is InChI=1S/C18H15FO5/c1-21-15-6-4-11(7-13(15)19)3-5-14(20)12-8-17-18(24-10-23-17)9-16(12)22-2/h3-9H,10H2,1-2H3/b5-3+. The molecule has 0 saturated heterocycles. The zero-order valence-electron chi connectivity index (χ0n) is 13.2. The van der Waals surface area contributed by atoms with Crippen LogP contribution in [-0.2, 0) is 0 Å². The van der Waals surface area contributed by atoms with Gasteiger partial charge in [-0.3, -0.25) is 4.79 Å². The highest BCUT2D eigenvalue weighted by molar-refractivity contribution is 6.09. The molecular formula is C18H15FO5. The molecule has 124 valence electrons. The summed E-state index contributed by atoms with van der Waals surface area (Å²) in [4.78, 5) is 12.4. The lowest BCUT2D eigenvalue weighted by Gasteiger charge is -2.07. The Morgan fingerprint density at radius 1 is 1.08 bits per heavy atom. The maximum Gasteiger partial charge on any atom is 0.231 e. The lowest BCUT2D eigenvalue weighted by molar-refractivity contribution is 0.104. The van der Waals surface area contributed by atoms with Gasteiger partial charge in [0.15, 0.2) is 28.8 Å².